The van der Waals surface area contributed by atoms with Gasteiger partial charge in [0.2, 0.25) is 0 Å². The highest BCUT2D eigenvalue weighted by Crippen LogP contribution is 2.46. The van der Waals surface area contributed by atoms with E-state index in [0.717, 1.165) is 62.1 Å². The Morgan fingerprint density at radius 3 is 2.10 bits per heavy atom. The van der Waals surface area contributed by atoms with E-state index < -0.39 is 0 Å². The summed E-state index contributed by atoms with van der Waals surface area (Å²) in [6, 6.07) is 39.7. The summed E-state index contributed by atoms with van der Waals surface area (Å²) in [7, 11) is 0. The summed E-state index contributed by atoms with van der Waals surface area (Å²) < 4.78 is 11.6. The van der Waals surface area contributed by atoms with Crippen molar-refractivity contribution < 1.29 is 4.74 Å². The van der Waals surface area contributed by atoms with Crippen molar-refractivity contribution in [3.63, 3.8) is 0 Å². The molecule has 0 unspecified atom stereocenters. The van der Waals surface area contributed by atoms with Crippen molar-refractivity contribution in [2.24, 2.45) is 0 Å². The third-order valence-electron chi connectivity index (χ3n) is 11.8. The van der Waals surface area contributed by atoms with Crippen molar-refractivity contribution in [1.82, 2.24) is 19.1 Å². The normalized spacial score (nSPS) is 12.9. The molecule has 6 nitrogen and oxygen atoms in total. The molecular weight excluding hydrogens is 711 g/mol. The fourth-order valence-electron chi connectivity index (χ4n) is 8.65. The topological polar surface area (TPSA) is 48.1 Å². The molecule has 5 aromatic carbocycles. The Morgan fingerprint density at radius 2 is 1.36 bits per heavy atom. The minimum Gasteiger partial charge on any atom is -0.457 e. The number of benzene rings is 5. The van der Waals surface area contributed by atoms with Gasteiger partial charge in [0, 0.05) is 52.7 Å². The quantitative estimate of drug-likeness (QED) is 0.155. The number of rotatable bonds is 8. The van der Waals surface area contributed by atoms with Crippen LogP contribution in [0.15, 0.2) is 128 Å². The first-order chi connectivity index (χ1) is 27.9. The van der Waals surface area contributed by atoms with Gasteiger partial charge < -0.3 is 14.2 Å². The van der Waals surface area contributed by atoms with Gasteiger partial charge in [0.1, 0.15) is 29.8 Å². The third-order valence-corrected chi connectivity index (χ3v) is 11.8. The zero-order chi connectivity index (χ0) is 40.5. The van der Waals surface area contributed by atoms with Crippen LogP contribution in [0.5, 0.6) is 11.5 Å². The van der Waals surface area contributed by atoms with Gasteiger partial charge in [0.25, 0.3) is 0 Å². The first-order valence-corrected chi connectivity index (χ1v) is 20.7. The molecule has 0 saturated carbocycles. The molecule has 0 atom stereocenters. The van der Waals surface area contributed by atoms with Crippen molar-refractivity contribution in [3.05, 3.63) is 150 Å². The van der Waals surface area contributed by atoms with E-state index in [2.05, 4.69) is 192 Å². The largest absolute Gasteiger partial charge is 0.457 e. The van der Waals surface area contributed by atoms with Crippen LogP contribution in [0.3, 0.4) is 0 Å². The predicted molar refractivity (Wildman–Crippen MR) is 241 cm³/mol. The van der Waals surface area contributed by atoms with Crippen LogP contribution in [-0.2, 0) is 12.1 Å². The van der Waals surface area contributed by atoms with E-state index in [-0.39, 0.29) is 5.41 Å². The molecule has 0 bridgehead atoms. The Kier molecular flexibility index (Phi) is 9.26. The lowest BCUT2D eigenvalue weighted by Crippen LogP contribution is -2.26. The Labute approximate surface area is 342 Å². The maximum absolute atomic E-state index is 7.07. The van der Waals surface area contributed by atoms with Crippen LogP contribution in [0.25, 0.3) is 50.1 Å². The number of anilines is 2. The molecule has 0 spiro atoms. The van der Waals surface area contributed by atoms with Crippen molar-refractivity contribution in [2.45, 2.75) is 92.2 Å². The SMILES string of the molecule is CC(C)c1cc(C(C)C)c(-c2cc(Oc3ccc4c5ccccc5n(-c5cc(C(C)(C)C)ccn5)c4c3)cc(N3Cn4ccnc4-c4ccccc43)c2)c(C(C)C)c1. The van der Waals surface area contributed by atoms with Crippen LogP contribution in [-0.4, -0.2) is 19.1 Å². The lowest BCUT2D eigenvalue weighted by molar-refractivity contribution is 0.483. The summed E-state index contributed by atoms with van der Waals surface area (Å²) in [6.45, 7) is 21.2. The third kappa shape index (κ3) is 6.54. The maximum Gasteiger partial charge on any atom is 0.143 e. The molecule has 3 aromatic heterocycles. The summed E-state index contributed by atoms with van der Waals surface area (Å²) in [5.41, 5.74) is 13.3. The van der Waals surface area contributed by atoms with E-state index in [4.69, 9.17) is 14.7 Å². The molecule has 292 valence electrons. The number of para-hydroxylation sites is 2. The number of hydrogen-bond donors (Lipinski definition) is 0. The van der Waals surface area contributed by atoms with Gasteiger partial charge in [-0.15, -0.1) is 0 Å². The smallest absolute Gasteiger partial charge is 0.143 e. The monoisotopic (exact) mass is 763 g/mol. The molecule has 58 heavy (non-hydrogen) atoms. The van der Waals surface area contributed by atoms with Gasteiger partial charge in [-0.2, -0.15) is 0 Å². The summed E-state index contributed by atoms with van der Waals surface area (Å²) in [4.78, 5) is 12.1. The fourth-order valence-corrected chi connectivity index (χ4v) is 8.65. The van der Waals surface area contributed by atoms with Crippen LogP contribution in [0.1, 0.15) is 102 Å². The second-order valence-electron chi connectivity index (χ2n) is 17.8. The van der Waals surface area contributed by atoms with Gasteiger partial charge in [-0.25, -0.2) is 9.97 Å². The highest BCUT2D eigenvalue weighted by molar-refractivity contribution is 6.09. The molecule has 9 rings (SSSR count). The van der Waals surface area contributed by atoms with E-state index in [1.807, 2.05) is 12.4 Å². The van der Waals surface area contributed by atoms with Crippen LogP contribution in [0.4, 0.5) is 11.4 Å². The molecular formula is C52H53N5O. The molecule has 0 saturated heterocycles. The highest BCUT2D eigenvalue weighted by Gasteiger charge is 2.26. The van der Waals surface area contributed by atoms with Gasteiger partial charge in [-0.1, -0.05) is 105 Å². The minimum absolute atomic E-state index is 0.0122. The molecule has 0 radical (unpaired) electrons. The lowest BCUT2D eigenvalue weighted by atomic mass is 9.81. The van der Waals surface area contributed by atoms with Gasteiger partial charge in [0.05, 0.1) is 16.7 Å². The number of hydrogen-bond acceptors (Lipinski definition) is 4. The van der Waals surface area contributed by atoms with Crippen LogP contribution in [0, 0.1) is 0 Å². The van der Waals surface area contributed by atoms with Crippen molar-refractivity contribution >= 4 is 33.2 Å². The van der Waals surface area contributed by atoms with Gasteiger partial charge in [-0.3, -0.25) is 4.57 Å². The van der Waals surface area contributed by atoms with Crippen LogP contribution >= 0.6 is 0 Å². The fraction of sp³-hybridized carbons (Fsp3) is 0.269. The Hall–Kier alpha value is -6.14. The second kappa shape index (κ2) is 14.4. The number of aromatic nitrogens is 4. The van der Waals surface area contributed by atoms with Crippen molar-refractivity contribution in [3.8, 4) is 39.8 Å². The summed E-state index contributed by atoms with van der Waals surface area (Å²) >= 11 is 0. The maximum atomic E-state index is 7.07. The van der Waals surface area contributed by atoms with E-state index in [1.54, 1.807) is 0 Å². The van der Waals surface area contributed by atoms with Crippen LogP contribution < -0.4 is 9.64 Å². The second-order valence-corrected chi connectivity index (χ2v) is 17.8. The van der Waals surface area contributed by atoms with E-state index in [9.17, 15) is 0 Å². The Balaban J connectivity index is 1.24. The van der Waals surface area contributed by atoms with Crippen LogP contribution in [0.2, 0.25) is 0 Å². The molecule has 1 aliphatic heterocycles. The molecule has 0 aliphatic carbocycles. The predicted octanol–water partition coefficient (Wildman–Crippen LogP) is 14.3. The van der Waals surface area contributed by atoms with Crippen molar-refractivity contribution in [2.75, 3.05) is 4.90 Å². The number of imidazole rings is 1. The zero-order valence-electron chi connectivity index (χ0n) is 35.2. The molecule has 8 aromatic rings. The summed E-state index contributed by atoms with van der Waals surface area (Å²) in [5, 5.41) is 2.35. The summed E-state index contributed by atoms with van der Waals surface area (Å²) in [5.74, 6) is 4.53. The number of pyridine rings is 1. The van der Waals surface area contributed by atoms with Crippen molar-refractivity contribution in [1.29, 1.82) is 0 Å². The number of fused-ring (bicyclic) bond motifs is 6. The van der Waals surface area contributed by atoms with Gasteiger partial charge in [-0.05, 0) is 111 Å². The first kappa shape index (κ1) is 37.4. The van der Waals surface area contributed by atoms with E-state index in [0.29, 0.717) is 24.4 Å². The zero-order valence-corrected chi connectivity index (χ0v) is 35.2. The molecule has 4 heterocycles. The molecule has 0 N–H and O–H groups in total. The molecule has 6 heteroatoms. The number of ether oxygens (including phenoxy) is 1. The van der Waals surface area contributed by atoms with E-state index in [1.165, 1.54) is 33.2 Å². The molecule has 1 aliphatic rings. The average Bonchev–Trinajstić information content (AvgIpc) is 3.82. The van der Waals surface area contributed by atoms with E-state index >= 15 is 0 Å². The summed E-state index contributed by atoms with van der Waals surface area (Å²) in [6.07, 6.45) is 5.89. The number of nitrogens with zero attached hydrogens (tertiary/aromatic N) is 5. The van der Waals surface area contributed by atoms with Gasteiger partial charge >= 0.3 is 0 Å². The van der Waals surface area contributed by atoms with Gasteiger partial charge in [0.15, 0.2) is 0 Å². The lowest BCUT2D eigenvalue weighted by Gasteiger charge is -2.33. The average molecular weight is 764 g/mol. The highest BCUT2D eigenvalue weighted by atomic mass is 16.5. The Morgan fingerprint density at radius 1 is 0.638 bits per heavy atom. The first-order valence-electron chi connectivity index (χ1n) is 20.7. The minimum atomic E-state index is -0.0122. The molecule has 0 amide bonds. The standard InChI is InChI=1S/C52H53N5O/c1-32(2)35-26-44(33(3)4)50(45(27-35)34(5)6)36-24-38(56-31-55-23-22-54-51(55)43-15-11-12-16-46(43)56)29-40(25-36)58-39-18-19-42-41-14-10-13-17-47(41)57(48(42)30-39)49-28-37(20-21-53-49)52(7,8)9/h10-30,32-34H,31H2,1-9H3. The Bertz CT molecular complexity index is 2800. The molecule has 0 fully saturated rings.